The van der Waals surface area contributed by atoms with Crippen molar-refractivity contribution in [2.45, 2.75) is 19.4 Å². The molecule has 190 valence electrons. The Labute approximate surface area is 216 Å². The number of anilines is 2. The summed E-state index contributed by atoms with van der Waals surface area (Å²) < 4.78 is 6.12. The Bertz CT molecular complexity index is 1670. The highest BCUT2D eigenvalue weighted by atomic mass is 16.6. The van der Waals surface area contributed by atoms with Gasteiger partial charge in [-0.15, -0.1) is 5.10 Å². The molecule has 3 aromatic carbocycles. The smallest absolute Gasteiger partial charge is 0.293 e. The fourth-order valence-corrected chi connectivity index (χ4v) is 4.71. The number of carbonyl (C=O) groups is 1. The molecule has 2 aromatic heterocycles. The van der Waals surface area contributed by atoms with E-state index in [-0.39, 0.29) is 23.1 Å². The third kappa shape index (κ3) is 4.17. The van der Waals surface area contributed by atoms with E-state index in [0.717, 1.165) is 35.8 Å². The van der Waals surface area contributed by atoms with Crippen LogP contribution in [0, 0.1) is 0 Å². The fourth-order valence-electron chi connectivity index (χ4n) is 4.71. The van der Waals surface area contributed by atoms with Gasteiger partial charge in [-0.1, -0.05) is 53.7 Å². The van der Waals surface area contributed by atoms with Crippen molar-refractivity contribution in [1.29, 1.82) is 0 Å². The van der Waals surface area contributed by atoms with Crippen molar-refractivity contribution in [3.05, 3.63) is 83.2 Å². The van der Waals surface area contributed by atoms with Crippen LogP contribution in [0.3, 0.4) is 0 Å². The molecule has 38 heavy (non-hydrogen) atoms. The number of aromatic hydroxyl groups is 1. The molecule has 1 aliphatic heterocycles. The summed E-state index contributed by atoms with van der Waals surface area (Å²) in [5.74, 6) is -0.374. The van der Waals surface area contributed by atoms with Gasteiger partial charge in [0.1, 0.15) is 5.75 Å². The molecule has 12 heteroatoms. The highest BCUT2D eigenvalue weighted by molar-refractivity contribution is 6.03. The quantitative estimate of drug-likeness (QED) is 0.231. The number of carbonyl (C=O) groups excluding carboxylic acids is 1. The second-order valence-electron chi connectivity index (χ2n) is 8.84. The van der Waals surface area contributed by atoms with E-state index in [1.54, 1.807) is 6.07 Å². The van der Waals surface area contributed by atoms with Gasteiger partial charge in [0.15, 0.2) is 5.69 Å². The summed E-state index contributed by atoms with van der Waals surface area (Å²) in [6, 6.07) is 19.1. The van der Waals surface area contributed by atoms with Crippen LogP contribution in [0.1, 0.15) is 33.7 Å². The zero-order valence-electron chi connectivity index (χ0n) is 20.2. The first-order chi connectivity index (χ1) is 18.6. The molecule has 0 saturated carbocycles. The van der Waals surface area contributed by atoms with Gasteiger partial charge in [-0.3, -0.25) is 4.79 Å². The summed E-state index contributed by atoms with van der Waals surface area (Å²) in [4.78, 5) is 15.4. The number of nitrogens with one attached hydrogen (secondary N) is 1. The van der Waals surface area contributed by atoms with Gasteiger partial charge in [-0.05, 0) is 51.6 Å². The number of hydrogen-bond donors (Lipinski definition) is 3. The third-order valence-electron chi connectivity index (χ3n) is 6.53. The lowest BCUT2D eigenvalue weighted by atomic mass is 10.0. The Hall–Kier alpha value is -5.26. The van der Waals surface area contributed by atoms with Gasteiger partial charge in [0.2, 0.25) is 11.6 Å². The first kappa shape index (κ1) is 23.2. The number of nitrogens with two attached hydrogens (primary N) is 1. The molecule has 1 aliphatic rings. The standard InChI is InChI=1S/C26H23N9O3/c27-24-25(32-38-31-24)35-21(15-34-13-5-8-17-7-2-4-10-20(17)34)23(29-33-35)26(37)30-28-14-19-18-9-3-1-6-16(18)11-12-22(19)36/h1-4,6-7,9-12,14,36H,5,8,13,15H2,(H2,27,31)(H,30,37). The number of phenols is 1. The molecule has 6 rings (SSSR count). The molecule has 0 aliphatic carbocycles. The lowest BCUT2D eigenvalue weighted by Crippen LogP contribution is -2.31. The Morgan fingerprint density at radius 3 is 2.84 bits per heavy atom. The van der Waals surface area contributed by atoms with Gasteiger partial charge in [0.05, 0.1) is 18.5 Å². The van der Waals surface area contributed by atoms with E-state index in [1.165, 1.54) is 16.5 Å². The molecule has 0 radical (unpaired) electrons. The minimum absolute atomic E-state index is 0.0200. The second kappa shape index (κ2) is 9.65. The molecule has 0 bridgehead atoms. The number of amides is 1. The van der Waals surface area contributed by atoms with Gasteiger partial charge in [-0.2, -0.15) is 9.78 Å². The number of phenolic OH excluding ortho intramolecular Hbond substituents is 1. The number of nitrogens with zero attached hydrogens (tertiary/aromatic N) is 7. The molecule has 0 saturated heterocycles. The van der Waals surface area contributed by atoms with Gasteiger partial charge >= 0.3 is 0 Å². The predicted molar refractivity (Wildman–Crippen MR) is 140 cm³/mol. The molecule has 1 amide bonds. The van der Waals surface area contributed by atoms with Gasteiger partial charge in [0.25, 0.3) is 5.91 Å². The van der Waals surface area contributed by atoms with E-state index >= 15 is 0 Å². The van der Waals surface area contributed by atoms with Gasteiger partial charge in [-0.25, -0.2) is 10.1 Å². The summed E-state index contributed by atoms with van der Waals surface area (Å²) in [6.45, 7) is 1.10. The molecular formula is C26H23N9O3. The predicted octanol–water partition coefficient (Wildman–Crippen LogP) is 2.81. The van der Waals surface area contributed by atoms with Crippen LogP contribution in [0.4, 0.5) is 11.5 Å². The number of benzene rings is 3. The van der Waals surface area contributed by atoms with E-state index in [4.69, 9.17) is 10.4 Å². The van der Waals surface area contributed by atoms with E-state index in [9.17, 15) is 9.90 Å². The maximum atomic E-state index is 13.2. The number of rotatable bonds is 6. The number of hydrazone groups is 1. The van der Waals surface area contributed by atoms with Crippen LogP contribution in [0.15, 0.2) is 70.4 Å². The zero-order chi connectivity index (χ0) is 26.1. The first-order valence-electron chi connectivity index (χ1n) is 12.0. The second-order valence-corrected chi connectivity index (χ2v) is 8.84. The van der Waals surface area contributed by atoms with Gasteiger partial charge in [0, 0.05) is 17.8 Å². The maximum absolute atomic E-state index is 13.2. The summed E-state index contributed by atoms with van der Waals surface area (Å²) in [5.41, 5.74) is 11.7. The molecule has 0 atom stereocenters. The lowest BCUT2D eigenvalue weighted by molar-refractivity contribution is 0.0949. The SMILES string of the molecule is Nc1nonc1-n1nnc(C(=O)NN=Cc2c(O)ccc3ccccc23)c1CN1CCCc2ccccc21. The largest absolute Gasteiger partial charge is 0.507 e. The summed E-state index contributed by atoms with van der Waals surface area (Å²) >= 11 is 0. The van der Waals surface area contributed by atoms with Crippen molar-refractivity contribution < 1.29 is 14.5 Å². The highest BCUT2D eigenvalue weighted by Gasteiger charge is 2.27. The van der Waals surface area contributed by atoms with Gasteiger partial charge < -0.3 is 15.7 Å². The summed E-state index contributed by atoms with van der Waals surface area (Å²) in [6.07, 6.45) is 3.35. The van der Waals surface area contributed by atoms with E-state index in [0.29, 0.717) is 17.8 Å². The molecule has 0 unspecified atom stereocenters. The molecule has 5 aromatic rings. The number of para-hydroxylation sites is 1. The molecular weight excluding hydrogens is 486 g/mol. The number of hydrogen-bond acceptors (Lipinski definition) is 10. The molecule has 0 fully saturated rings. The summed E-state index contributed by atoms with van der Waals surface area (Å²) in [7, 11) is 0. The number of nitrogen functional groups attached to an aromatic ring is 1. The first-order valence-corrected chi connectivity index (χ1v) is 12.0. The molecule has 4 N–H and O–H groups in total. The van der Waals surface area contributed by atoms with Crippen LogP contribution < -0.4 is 16.1 Å². The maximum Gasteiger partial charge on any atom is 0.293 e. The average Bonchev–Trinajstić information content (AvgIpc) is 3.55. The van der Waals surface area contributed by atoms with Crippen LogP contribution in [0.2, 0.25) is 0 Å². The van der Waals surface area contributed by atoms with Crippen molar-refractivity contribution in [3.8, 4) is 11.6 Å². The van der Waals surface area contributed by atoms with Crippen LogP contribution in [-0.2, 0) is 13.0 Å². The average molecular weight is 510 g/mol. The third-order valence-corrected chi connectivity index (χ3v) is 6.53. The summed E-state index contributed by atoms with van der Waals surface area (Å²) in [5, 5.41) is 31.9. The number of aryl methyl sites for hydroxylation is 1. The monoisotopic (exact) mass is 509 g/mol. The van der Waals surface area contributed by atoms with Crippen molar-refractivity contribution in [2.24, 2.45) is 5.10 Å². The fraction of sp³-hybridized carbons (Fsp3) is 0.154. The number of fused-ring (bicyclic) bond motifs is 2. The Morgan fingerprint density at radius 1 is 1.13 bits per heavy atom. The zero-order valence-corrected chi connectivity index (χ0v) is 20.2. The van der Waals surface area contributed by atoms with Crippen LogP contribution in [0.5, 0.6) is 5.75 Å². The van der Waals surface area contributed by atoms with Crippen molar-refractivity contribution in [1.82, 2.24) is 30.7 Å². The highest BCUT2D eigenvalue weighted by Crippen LogP contribution is 2.29. The topological polar surface area (TPSA) is 161 Å². The Kier molecular flexibility index (Phi) is 5.88. The van der Waals surface area contributed by atoms with Crippen molar-refractivity contribution in [3.63, 3.8) is 0 Å². The van der Waals surface area contributed by atoms with E-state index < -0.39 is 5.91 Å². The molecule has 3 heterocycles. The Balaban J connectivity index is 1.32. The van der Waals surface area contributed by atoms with Crippen LogP contribution in [0.25, 0.3) is 16.6 Å². The minimum atomic E-state index is -0.581. The molecule has 12 nitrogen and oxygen atoms in total. The normalized spacial score (nSPS) is 13.2. The molecule has 0 spiro atoms. The van der Waals surface area contributed by atoms with Crippen molar-refractivity contribution >= 4 is 34.4 Å². The Morgan fingerprint density at radius 2 is 1.97 bits per heavy atom. The van der Waals surface area contributed by atoms with Crippen LogP contribution >= 0.6 is 0 Å². The number of aromatic nitrogens is 5. The van der Waals surface area contributed by atoms with E-state index in [1.807, 2.05) is 42.5 Å². The van der Waals surface area contributed by atoms with Crippen LogP contribution in [-0.4, -0.2) is 49.1 Å². The van der Waals surface area contributed by atoms with E-state index in [2.05, 4.69) is 48.2 Å². The van der Waals surface area contributed by atoms with Crippen molar-refractivity contribution in [2.75, 3.05) is 17.2 Å². The minimum Gasteiger partial charge on any atom is -0.507 e. The lowest BCUT2D eigenvalue weighted by Gasteiger charge is -2.31.